The summed E-state index contributed by atoms with van der Waals surface area (Å²) in [4.78, 5) is 4.05. The minimum Gasteiger partial charge on any atom is -0.454 e. The number of hydrogen-bond donors (Lipinski definition) is 2. The fraction of sp³-hybridized carbons (Fsp3) is 0.533. The molecule has 2 rings (SSSR count). The van der Waals surface area contributed by atoms with E-state index in [2.05, 4.69) is 20.4 Å². The van der Waals surface area contributed by atoms with Crippen molar-refractivity contribution in [1.29, 1.82) is 0 Å². The fourth-order valence-electron chi connectivity index (χ4n) is 2.03. The predicted octanol–water partition coefficient (Wildman–Crippen LogP) is 2.67. The van der Waals surface area contributed by atoms with Crippen LogP contribution >= 0.6 is 24.0 Å². The summed E-state index contributed by atoms with van der Waals surface area (Å²) in [6, 6.07) is 5.64. The van der Waals surface area contributed by atoms with Crippen molar-refractivity contribution in [3.8, 4) is 11.5 Å². The third-order valence-corrected chi connectivity index (χ3v) is 3.14. The Bertz CT molecular complexity index is 571. The Morgan fingerprint density at radius 2 is 2.00 bits per heavy atom. The quantitative estimate of drug-likeness (QED) is 0.275. The number of nitrogens with one attached hydrogen (secondary N) is 2. The molecule has 0 radical (unpaired) electrons. The van der Waals surface area contributed by atoms with Crippen molar-refractivity contribution in [3.05, 3.63) is 23.8 Å². The molecule has 10 heteroatoms. The first-order valence-corrected chi connectivity index (χ1v) is 7.45. The molecule has 6 nitrogen and oxygen atoms in total. The first-order valence-electron chi connectivity index (χ1n) is 7.45. The largest absolute Gasteiger partial charge is 0.454 e. The van der Waals surface area contributed by atoms with E-state index in [-0.39, 0.29) is 37.4 Å². The van der Waals surface area contributed by atoms with Crippen LogP contribution in [0.3, 0.4) is 0 Å². The maximum absolute atomic E-state index is 11.9. The molecule has 1 aromatic rings. The van der Waals surface area contributed by atoms with Gasteiger partial charge in [-0.3, -0.25) is 4.99 Å². The fourth-order valence-corrected chi connectivity index (χ4v) is 2.03. The van der Waals surface area contributed by atoms with Gasteiger partial charge in [0.05, 0.1) is 0 Å². The molecule has 0 aliphatic carbocycles. The van der Waals surface area contributed by atoms with Gasteiger partial charge < -0.3 is 24.8 Å². The van der Waals surface area contributed by atoms with Gasteiger partial charge in [-0.2, -0.15) is 13.2 Å². The molecule has 0 saturated heterocycles. The highest BCUT2D eigenvalue weighted by molar-refractivity contribution is 14.0. The molecule has 25 heavy (non-hydrogen) atoms. The third-order valence-electron chi connectivity index (χ3n) is 3.14. The van der Waals surface area contributed by atoms with E-state index in [1.807, 2.05) is 18.2 Å². The van der Waals surface area contributed by atoms with Gasteiger partial charge >= 0.3 is 6.18 Å². The number of hydrogen-bond acceptors (Lipinski definition) is 4. The lowest BCUT2D eigenvalue weighted by atomic mass is 10.2. The van der Waals surface area contributed by atoms with Crippen LogP contribution in [0.1, 0.15) is 12.0 Å². The molecule has 142 valence electrons. The summed E-state index contributed by atoms with van der Waals surface area (Å²) in [5.74, 6) is 1.99. The molecule has 1 heterocycles. The molecule has 0 unspecified atom stereocenters. The number of nitrogens with zero attached hydrogens (tertiary/aromatic N) is 1. The molecular weight excluding hydrogens is 454 g/mol. The number of alkyl halides is 3. The van der Waals surface area contributed by atoms with E-state index in [0.29, 0.717) is 31.2 Å². The molecule has 0 atom stereocenters. The summed E-state index contributed by atoms with van der Waals surface area (Å²) < 4.78 is 50.8. The zero-order valence-electron chi connectivity index (χ0n) is 13.7. The van der Waals surface area contributed by atoms with Crippen LogP contribution in [-0.4, -0.2) is 45.7 Å². The van der Waals surface area contributed by atoms with Crippen LogP contribution in [0.25, 0.3) is 0 Å². The molecule has 0 spiro atoms. The van der Waals surface area contributed by atoms with E-state index in [1.165, 1.54) is 0 Å². The number of guanidine groups is 1. The summed E-state index contributed by atoms with van der Waals surface area (Å²) >= 11 is 0. The molecule has 0 saturated carbocycles. The first kappa shape index (κ1) is 21.6. The number of fused-ring (bicyclic) bond motifs is 1. The van der Waals surface area contributed by atoms with Gasteiger partial charge in [0.25, 0.3) is 0 Å². The second-order valence-corrected chi connectivity index (χ2v) is 5.06. The number of ether oxygens (including phenoxy) is 3. The lowest BCUT2D eigenvalue weighted by Gasteiger charge is -2.12. The second-order valence-electron chi connectivity index (χ2n) is 5.06. The van der Waals surface area contributed by atoms with E-state index < -0.39 is 12.8 Å². The van der Waals surface area contributed by atoms with Crippen LogP contribution in [-0.2, 0) is 11.3 Å². The number of benzene rings is 1. The SMILES string of the molecule is CN=C(NCCCOCC(F)(F)F)NCc1ccc2c(c1)OCO2.I. The zero-order valence-corrected chi connectivity index (χ0v) is 16.0. The van der Waals surface area contributed by atoms with E-state index in [4.69, 9.17) is 9.47 Å². The van der Waals surface area contributed by atoms with Crippen LogP contribution < -0.4 is 20.1 Å². The first-order chi connectivity index (χ1) is 11.5. The van der Waals surface area contributed by atoms with Crippen LogP contribution in [0.15, 0.2) is 23.2 Å². The van der Waals surface area contributed by atoms with Crippen LogP contribution in [0.4, 0.5) is 13.2 Å². The molecule has 0 amide bonds. The zero-order chi connectivity index (χ0) is 17.4. The van der Waals surface area contributed by atoms with E-state index in [0.717, 1.165) is 11.3 Å². The van der Waals surface area contributed by atoms with Gasteiger partial charge in [-0.1, -0.05) is 6.07 Å². The molecule has 2 N–H and O–H groups in total. The van der Waals surface area contributed by atoms with E-state index in [1.54, 1.807) is 7.05 Å². The monoisotopic (exact) mass is 475 g/mol. The standard InChI is InChI=1S/C15H20F3N3O3.HI/c1-19-14(20-5-2-6-22-9-15(16,17)18)21-8-11-3-4-12-13(7-11)24-10-23-12;/h3-4,7H,2,5-6,8-10H2,1H3,(H2,19,20,21);1H. The van der Waals surface area contributed by atoms with Crippen LogP contribution in [0.5, 0.6) is 11.5 Å². The van der Waals surface area contributed by atoms with Crippen molar-refractivity contribution >= 4 is 29.9 Å². The van der Waals surface area contributed by atoms with Crippen molar-refractivity contribution in [3.63, 3.8) is 0 Å². The van der Waals surface area contributed by atoms with Crippen molar-refractivity contribution in [2.45, 2.75) is 19.1 Å². The smallest absolute Gasteiger partial charge is 0.411 e. The highest BCUT2D eigenvalue weighted by Gasteiger charge is 2.27. The van der Waals surface area contributed by atoms with Gasteiger partial charge in [-0.25, -0.2) is 0 Å². The van der Waals surface area contributed by atoms with Crippen LogP contribution in [0.2, 0.25) is 0 Å². The summed E-state index contributed by atoms with van der Waals surface area (Å²) in [6.07, 6.45) is -3.84. The highest BCUT2D eigenvalue weighted by atomic mass is 127. The van der Waals surface area contributed by atoms with Gasteiger partial charge in [0.1, 0.15) is 6.61 Å². The van der Waals surface area contributed by atoms with Crippen molar-refractivity contribution in [1.82, 2.24) is 10.6 Å². The molecule has 0 fully saturated rings. The van der Waals surface area contributed by atoms with Crippen molar-refractivity contribution in [2.75, 3.05) is 33.6 Å². The van der Waals surface area contributed by atoms with Gasteiger partial charge in [-0.05, 0) is 24.1 Å². The second kappa shape index (κ2) is 10.5. The molecule has 1 aromatic carbocycles. The number of halogens is 4. The normalized spacial score (nSPS) is 13.4. The maximum atomic E-state index is 11.9. The summed E-state index contributed by atoms with van der Waals surface area (Å²) in [7, 11) is 1.62. The summed E-state index contributed by atoms with van der Waals surface area (Å²) in [5, 5.41) is 6.13. The van der Waals surface area contributed by atoms with Crippen molar-refractivity contribution < 1.29 is 27.4 Å². The average molecular weight is 475 g/mol. The van der Waals surface area contributed by atoms with Gasteiger partial charge in [-0.15, -0.1) is 24.0 Å². The van der Waals surface area contributed by atoms with Crippen molar-refractivity contribution in [2.24, 2.45) is 4.99 Å². The maximum Gasteiger partial charge on any atom is 0.411 e. The lowest BCUT2D eigenvalue weighted by molar-refractivity contribution is -0.173. The molecular formula is C15H21F3IN3O3. The lowest BCUT2D eigenvalue weighted by Crippen LogP contribution is -2.37. The van der Waals surface area contributed by atoms with E-state index in [9.17, 15) is 13.2 Å². The topological polar surface area (TPSA) is 64.1 Å². The Morgan fingerprint density at radius 1 is 1.24 bits per heavy atom. The molecule has 1 aliphatic heterocycles. The van der Waals surface area contributed by atoms with Crippen LogP contribution in [0, 0.1) is 0 Å². The van der Waals surface area contributed by atoms with Gasteiger partial charge in [0.2, 0.25) is 6.79 Å². The molecule has 1 aliphatic rings. The summed E-state index contributed by atoms with van der Waals surface area (Å²) in [5.41, 5.74) is 0.996. The minimum absolute atomic E-state index is 0. The Hall–Kier alpha value is -1.43. The van der Waals surface area contributed by atoms with E-state index >= 15 is 0 Å². The molecule has 0 aromatic heterocycles. The average Bonchev–Trinajstić information content (AvgIpc) is 3.00. The highest BCUT2D eigenvalue weighted by Crippen LogP contribution is 2.32. The number of aliphatic imine (C=N–C) groups is 1. The number of rotatable bonds is 7. The Balaban J connectivity index is 0.00000312. The Morgan fingerprint density at radius 3 is 2.72 bits per heavy atom. The predicted molar refractivity (Wildman–Crippen MR) is 97.7 cm³/mol. The molecule has 0 bridgehead atoms. The summed E-state index contributed by atoms with van der Waals surface area (Å²) in [6.45, 7) is 0.0289. The minimum atomic E-state index is -4.28. The Kier molecular flexibility index (Phi) is 9.11. The van der Waals surface area contributed by atoms with Gasteiger partial charge in [0.15, 0.2) is 17.5 Å². The third kappa shape index (κ3) is 7.99. The van der Waals surface area contributed by atoms with Gasteiger partial charge in [0, 0.05) is 26.7 Å². The Labute approximate surface area is 161 Å².